The number of rotatable bonds is 3. The van der Waals surface area contributed by atoms with Gasteiger partial charge in [-0.15, -0.1) is 0 Å². The average Bonchev–Trinajstić information content (AvgIpc) is 2.84. The van der Waals surface area contributed by atoms with Gasteiger partial charge in [0, 0.05) is 12.6 Å². The van der Waals surface area contributed by atoms with E-state index in [1.54, 1.807) is 24.9 Å². The predicted octanol–water partition coefficient (Wildman–Crippen LogP) is 2.77. The van der Waals surface area contributed by atoms with Crippen molar-refractivity contribution in [3.63, 3.8) is 0 Å². The lowest BCUT2D eigenvalue weighted by Gasteiger charge is -2.16. The molecule has 0 saturated carbocycles. The van der Waals surface area contributed by atoms with Crippen LogP contribution < -0.4 is 0 Å². The van der Waals surface area contributed by atoms with Crippen LogP contribution in [0.5, 0.6) is 0 Å². The highest BCUT2D eigenvalue weighted by molar-refractivity contribution is 5.95. The summed E-state index contributed by atoms with van der Waals surface area (Å²) in [5.74, 6) is 2.08. The third kappa shape index (κ3) is 2.54. The van der Waals surface area contributed by atoms with E-state index in [-0.39, 0.29) is 5.91 Å². The molecule has 0 fully saturated rings. The van der Waals surface area contributed by atoms with E-state index in [9.17, 15) is 4.79 Å². The molecule has 0 aromatic carbocycles. The zero-order valence-electron chi connectivity index (χ0n) is 11.9. The van der Waals surface area contributed by atoms with Gasteiger partial charge in [-0.1, -0.05) is 5.16 Å². The number of nitrogens with zero attached hydrogens (tertiary/aromatic N) is 2. The first-order chi connectivity index (χ1) is 8.90. The lowest BCUT2D eigenvalue weighted by atomic mass is 10.1. The van der Waals surface area contributed by atoms with E-state index in [2.05, 4.69) is 5.16 Å². The molecule has 0 bridgehead atoms. The van der Waals surface area contributed by atoms with Crippen molar-refractivity contribution in [1.82, 2.24) is 10.1 Å². The van der Waals surface area contributed by atoms with Crippen LogP contribution in [0, 0.1) is 27.7 Å². The summed E-state index contributed by atoms with van der Waals surface area (Å²) in [6, 6.07) is 1.77. The Morgan fingerprint density at radius 2 is 1.95 bits per heavy atom. The molecule has 5 nitrogen and oxygen atoms in total. The Hall–Kier alpha value is -2.04. The van der Waals surface area contributed by atoms with Crippen LogP contribution in [0.25, 0.3) is 0 Å². The molecule has 0 aliphatic heterocycles. The standard InChI is InChI=1S/C14H18N2O3/c1-8-6-12(10(3)18-8)14(17)16(5)7-13-9(2)15-19-11(13)4/h6H,7H2,1-5H3. The Kier molecular flexibility index (Phi) is 3.46. The van der Waals surface area contributed by atoms with E-state index in [0.717, 1.165) is 22.8 Å². The molecular weight excluding hydrogens is 244 g/mol. The molecular formula is C14H18N2O3. The molecule has 102 valence electrons. The molecule has 0 aliphatic carbocycles. The first-order valence-corrected chi connectivity index (χ1v) is 6.14. The molecule has 2 rings (SSSR count). The molecule has 0 aliphatic rings. The third-order valence-corrected chi connectivity index (χ3v) is 3.19. The fourth-order valence-electron chi connectivity index (χ4n) is 2.09. The average molecular weight is 262 g/mol. The van der Waals surface area contributed by atoms with Gasteiger partial charge in [-0.2, -0.15) is 0 Å². The zero-order chi connectivity index (χ0) is 14.2. The monoisotopic (exact) mass is 262 g/mol. The second kappa shape index (κ2) is 4.91. The minimum Gasteiger partial charge on any atom is -0.466 e. The van der Waals surface area contributed by atoms with Crippen LogP contribution in [0.15, 0.2) is 15.0 Å². The molecule has 2 heterocycles. The van der Waals surface area contributed by atoms with E-state index >= 15 is 0 Å². The van der Waals surface area contributed by atoms with Crippen molar-refractivity contribution >= 4 is 5.91 Å². The van der Waals surface area contributed by atoms with Crippen LogP contribution in [0.2, 0.25) is 0 Å². The molecule has 2 aromatic rings. The molecule has 0 atom stereocenters. The van der Waals surface area contributed by atoms with Gasteiger partial charge in [0.15, 0.2) is 0 Å². The minimum atomic E-state index is -0.0608. The minimum absolute atomic E-state index is 0.0608. The Bertz CT molecular complexity index is 591. The number of aromatic nitrogens is 1. The normalized spacial score (nSPS) is 10.8. The van der Waals surface area contributed by atoms with Gasteiger partial charge in [-0.3, -0.25) is 4.79 Å². The van der Waals surface area contributed by atoms with Crippen molar-refractivity contribution in [2.24, 2.45) is 0 Å². The van der Waals surface area contributed by atoms with Crippen molar-refractivity contribution < 1.29 is 13.7 Å². The van der Waals surface area contributed by atoms with Gasteiger partial charge < -0.3 is 13.8 Å². The summed E-state index contributed by atoms with van der Waals surface area (Å²) in [4.78, 5) is 14.0. The van der Waals surface area contributed by atoms with Crippen molar-refractivity contribution in [3.8, 4) is 0 Å². The fraction of sp³-hybridized carbons (Fsp3) is 0.429. The summed E-state index contributed by atoms with van der Waals surface area (Å²) in [5.41, 5.74) is 2.37. The highest BCUT2D eigenvalue weighted by atomic mass is 16.5. The molecule has 2 aromatic heterocycles. The van der Waals surface area contributed by atoms with E-state index in [4.69, 9.17) is 8.94 Å². The zero-order valence-corrected chi connectivity index (χ0v) is 11.9. The summed E-state index contributed by atoms with van der Waals surface area (Å²) < 4.78 is 10.5. The maximum absolute atomic E-state index is 12.3. The van der Waals surface area contributed by atoms with Crippen LogP contribution in [0.1, 0.15) is 38.9 Å². The SMILES string of the molecule is Cc1cc(C(=O)N(C)Cc2c(C)noc2C)c(C)o1. The van der Waals surface area contributed by atoms with Gasteiger partial charge in [0.05, 0.1) is 17.8 Å². The molecule has 0 unspecified atom stereocenters. The van der Waals surface area contributed by atoms with Gasteiger partial charge in [-0.25, -0.2) is 0 Å². The van der Waals surface area contributed by atoms with Gasteiger partial charge in [0.1, 0.15) is 17.3 Å². The van der Waals surface area contributed by atoms with E-state index in [1.807, 2.05) is 20.8 Å². The van der Waals surface area contributed by atoms with Crippen molar-refractivity contribution in [2.45, 2.75) is 34.2 Å². The Morgan fingerprint density at radius 1 is 1.26 bits per heavy atom. The number of carbonyl (C=O) groups excluding carboxylic acids is 1. The number of aryl methyl sites for hydroxylation is 4. The smallest absolute Gasteiger partial charge is 0.257 e. The highest BCUT2D eigenvalue weighted by Crippen LogP contribution is 2.19. The molecule has 0 radical (unpaired) electrons. The van der Waals surface area contributed by atoms with Crippen molar-refractivity contribution in [3.05, 3.63) is 40.2 Å². The fourth-order valence-corrected chi connectivity index (χ4v) is 2.09. The summed E-state index contributed by atoms with van der Waals surface area (Å²) in [6.45, 7) is 7.82. The third-order valence-electron chi connectivity index (χ3n) is 3.19. The van der Waals surface area contributed by atoms with Gasteiger partial charge >= 0.3 is 0 Å². The summed E-state index contributed by atoms with van der Waals surface area (Å²) >= 11 is 0. The van der Waals surface area contributed by atoms with Crippen LogP contribution in [0.4, 0.5) is 0 Å². The number of carbonyl (C=O) groups is 1. The van der Waals surface area contributed by atoms with Crippen molar-refractivity contribution in [1.29, 1.82) is 0 Å². The lowest BCUT2D eigenvalue weighted by molar-refractivity contribution is 0.0783. The Balaban J connectivity index is 2.19. The van der Waals surface area contributed by atoms with E-state index in [1.165, 1.54) is 0 Å². The van der Waals surface area contributed by atoms with E-state index < -0.39 is 0 Å². The van der Waals surface area contributed by atoms with Crippen LogP contribution in [-0.4, -0.2) is 23.0 Å². The maximum Gasteiger partial charge on any atom is 0.257 e. The van der Waals surface area contributed by atoms with Gasteiger partial charge in [-0.05, 0) is 33.8 Å². The highest BCUT2D eigenvalue weighted by Gasteiger charge is 2.20. The second-order valence-electron chi connectivity index (χ2n) is 4.79. The van der Waals surface area contributed by atoms with Crippen LogP contribution >= 0.6 is 0 Å². The number of amides is 1. The largest absolute Gasteiger partial charge is 0.466 e. The summed E-state index contributed by atoms with van der Waals surface area (Å²) in [6.07, 6.45) is 0. The summed E-state index contributed by atoms with van der Waals surface area (Å²) in [5, 5.41) is 3.89. The van der Waals surface area contributed by atoms with Crippen molar-refractivity contribution in [2.75, 3.05) is 7.05 Å². The van der Waals surface area contributed by atoms with Gasteiger partial charge in [0.25, 0.3) is 5.91 Å². The van der Waals surface area contributed by atoms with Crippen LogP contribution in [0.3, 0.4) is 0 Å². The molecule has 1 amide bonds. The summed E-state index contributed by atoms with van der Waals surface area (Å²) in [7, 11) is 1.76. The quantitative estimate of drug-likeness (QED) is 0.853. The molecule has 19 heavy (non-hydrogen) atoms. The Morgan fingerprint density at radius 3 is 2.42 bits per heavy atom. The first-order valence-electron chi connectivity index (χ1n) is 6.14. The molecule has 0 N–H and O–H groups in total. The lowest BCUT2D eigenvalue weighted by Crippen LogP contribution is -2.26. The molecule has 0 spiro atoms. The predicted molar refractivity (Wildman–Crippen MR) is 70.0 cm³/mol. The number of furan rings is 1. The number of hydrogen-bond acceptors (Lipinski definition) is 4. The van der Waals surface area contributed by atoms with Gasteiger partial charge in [0.2, 0.25) is 0 Å². The van der Waals surface area contributed by atoms with Crippen LogP contribution in [-0.2, 0) is 6.54 Å². The second-order valence-corrected chi connectivity index (χ2v) is 4.79. The molecule has 0 saturated heterocycles. The Labute approximate surface area is 112 Å². The topological polar surface area (TPSA) is 59.5 Å². The first kappa shape index (κ1) is 13.4. The number of hydrogen-bond donors (Lipinski definition) is 0. The maximum atomic E-state index is 12.3. The van der Waals surface area contributed by atoms with E-state index in [0.29, 0.717) is 17.9 Å². The molecule has 5 heteroatoms.